The molecule has 1 aliphatic rings. The van der Waals surface area contributed by atoms with E-state index in [4.69, 9.17) is 4.42 Å². The fourth-order valence-electron chi connectivity index (χ4n) is 5.09. The van der Waals surface area contributed by atoms with Crippen LogP contribution in [0.3, 0.4) is 0 Å². The van der Waals surface area contributed by atoms with E-state index < -0.39 is 0 Å². The standard InChI is InChI=1S/C27H36N2O2/c1-19(2)17-21-8-6-20(7-9-21)5-4-16-29(3)24-13-10-22(11-14-24)23-12-15-25-26(18-23)31-27(30)28-25/h6-9,12,15,18-19,22,24H,4-5,10-11,13-14,16-17H2,1-3H3,(H,28,30). The molecule has 1 heterocycles. The molecule has 0 spiro atoms. The van der Waals surface area contributed by atoms with Gasteiger partial charge in [0.25, 0.3) is 0 Å². The lowest BCUT2D eigenvalue weighted by Crippen LogP contribution is -2.35. The molecule has 1 aromatic heterocycles. The molecule has 1 saturated carbocycles. The van der Waals surface area contributed by atoms with Crippen LogP contribution < -0.4 is 5.76 Å². The van der Waals surface area contributed by atoms with Crippen LogP contribution in [0.1, 0.15) is 68.6 Å². The van der Waals surface area contributed by atoms with Gasteiger partial charge in [-0.3, -0.25) is 4.98 Å². The summed E-state index contributed by atoms with van der Waals surface area (Å²) in [5.41, 5.74) is 5.68. The number of rotatable bonds is 8. The van der Waals surface area contributed by atoms with Crippen LogP contribution in [0.5, 0.6) is 0 Å². The lowest BCUT2D eigenvalue weighted by molar-refractivity contribution is 0.181. The number of hydrogen-bond donors (Lipinski definition) is 1. The minimum absolute atomic E-state index is 0.371. The molecule has 4 rings (SSSR count). The Hall–Kier alpha value is -2.33. The zero-order valence-electron chi connectivity index (χ0n) is 19.2. The molecule has 0 bridgehead atoms. The summed E-state index contributed by atoms with van der Waals surface area (Å²) < 4.78 is 5.24. The quantitative estimate of drug-likeness (QED) is 0.493. The molecule has 0 atom stereocenters. The van der Waals surface area contributed by atoms with Crippen molar-refractivity contribution in [2.45, 2.75) is 70.8 Å². The molecule has 0 unspecified atom stereocenters. The molecule has 1 N–H and O–H groups in total. The van der Waals surface area contributed by atoms with Gasteiger partial charge in [-0.05, 0) is 99.2 Å². The van der Waals surface area contributed by atoms with Crippen molar-refractivity contribution in [3.05, 3.63) is 69.7 Å². The van der Waals surface area contributed by atoms with Gasteiger partial charge < -0.3 is 9.32 Å². The largest absolute Gasteiger partial charge is 0.417 e. The fraction of sp³-hybridized carbons (Fsp3) is 0.519. The summed E-state index contributed by atoms with van der Waals surface area (Å²) in [6.45, 7) is 5.71. The van der Waals surface area contributed by atoms with Crippen LogP contribution >= 0.6 is 0 Å². The third-order valence-corrected chi connectivity index (χ3v) is 6.88. The molecule has 2 aromatic carbocycles. The molecule has 0 radical (unpaired) electrons. The van der Waals surface area contributed by atoms with Crippen LogP contribution in [-0.2, 0) is 12.8 Å². The summed E-state index contributed by atoms with van der Waals surface area (Å²) >= 11 is 0. The van der Waals surface area contributed by atoms with Crippen molar-refractivity contribution in [1.82, 2.24) is 9.88 Å². The van der Waals surface area contributed by atoms with E-state index in [-0.39, 0.29) is 5.76 Å². The Morgan fingerprint density at radius 3 is 2.45 bits per heavy atom. The number of oxazole rings is 1. The predicted octanol–water partition coefficient (Wildman–Crippen LogP) is 5.91. The van der Waals surface area contributed by atoms with Crippen molar-refractivity contribution in [1.29, 1.82) is 0 Å². The fourth-order valence-corrected chi connectivity index (χ4v) is 5.09. The second-order valence-corrected chi connectivity index (χ2v) is 9.77. The maximum atomic E-state index is 11.4. The smallest absolute Gasteiger partial charge is 0.408 e. The van der Waals surface area contributed by atoms with Crippen LogP contribution in [0.2, 0.25) is 0 Å². The Labute approximate surface area is 185 Å². The summed E-state index contributed by atoms with van der Waals surface area (Å²) in [7, 11) is 2.29. The molecule has 31 heavy (non-hydrogen) atoms. The van der Waals surface area contributed by atoms with Crippen molar-refractivity contribution in [3.63, 3.8) is 0 Å². The average molecular weight is 421 g/mol. The first-order valence-corrected chi connectivity index (χ1v) is 11.9. The van der Waals surface area contributed by atoms with Crippen molar-refractivity contribution in [2.24, 2.45) is 5.92 Å². The maximum Gasteiger partial charge on any atom is 0.417 e. The second-order valence-electron chi connectivity index (χ2n) is 9.77. The van der Waals surface area contributed by atoms with Crippen molar-refractivity contribution in [3.8, 4) is 0 Å². The second kappa shape index (κ2) is 9.86. The number of benzene rings is 2. The monoisotopic (exact) mass is 420 g/mol. The Morgan fingerprint density at radius 1 is 1.03 bits per heavy atom. The molecule has 0 saturated heterocycles. The lowest BCUT2D eigenvalue weighted by Gasteiger charge is -2.35. The molecule has 0 amide bonds. The van der Waals surface area contributed by atoms with Crippen molar-refractivity contribution in [2.75, 3.05) is 13.6 Å². The highest BCUT2D eigenvalue weighted by molar-refractivity contribution is 5.72. The lowest BCUT2D eigenvalue weighted by atomic mass is 9.81. The van der Waals surface area contributed by atoms with Gasteiger partial charge in [0.2, 0.25) is 0 Å². The first-order valence-electron chi connectivity index (χ1n) is 11.9. The number of fused-ring (bicyclic) bond motifs is 1. The van der Waals surface area contributed by atoms with Gasteiger partial charge in [-0.15, -0.1) is 0 Å². The number of H-pyrrole nitrogens is 1. The molecule has 3 aromatic rings. The van der Waals surface area contributed by atoms with E-state index in [0.29, 0.717) is 23.5 Å². The van der Waals surface area contributed by atoms with E-state index >= 15 is 0 Å². The molecule has 1 fully saturated rings. The normalized spacial score (nSPS) is 19.5. The highest BCUT2D eigenvalue weighted by Gasteiger charge is 2.25. The summed E-state index contributed by atoms with van der Waals surface area (Å²) in [5, 5.41) is 0. The molecule has 4 nitrogen and oxygen atoms in total. The van der Waals surface area contributed by atoms with Gasteiger partial charge in [-0.1, -0.05) is 44.2 Å². The summed E-state index contributed by atoms with van der Waals surface area (Å²) in [4.78, 5) is 16.7. The molecule has 166 valence electrons. The summed E-state index contributed by atoms with van der Waals surface area (Å²) in [6.07, 6.45) is 8.41. The van der Waals surface area contributed by atoms with Crippen LogP contribution in [0.25, 0.3) is 11.1 Å². The number of nitrogens with zero attached hydrogens (tertiary/aromatic N) is 1. The van der Waals surface area contributed by atoms with Crippen molar-refractivity contribution >= 4 is 11.1 Å². The van der Waals surface area contributed by atoms with Gasteiger partial charge in [0.05, 0.1) is 5.52 Å². The summed E-state index contributed by atoms with van der Waals surface area (Å²) in [5.74, 6) is 0.911. The van der Waals surface area contributed by atoms with E-state index in [1.165, 1.54) is 55.2 Å². The highest BCUT2D eigenvalue weighted by Crippen LogP contribution is 2.35. The third-order valence-electron chi connectivity index (χ3n) is 6.88. The Bertz CT molecular complexity index is 1020. The number of nitrogens with one attached hydrogen (secondary N) is 1. The van der Waals surface area contributed by atoms with Crippen LogP contribution in [0.15, 0.2) is 51.7 Å². The van der Waals surface area contributed by atoms with E-state index in [2.05, 4.69) is 61.1 Å². The minimum Gasteiger partial charge on any atom is -0.408 e. The molecule has 1 aliphatic carbocycles. The molecular weight excluding hydrogens is 384 g/mol. The number of aromatic nitrogens is 1. The number of hydrogen-bond acceptors (Lipinski definition) is 3. The number of aryl methyl sites for hydroxylation is 1. The zero-order valence-corrected chi connectivity index (χ0v) is 19.2. The van der Waals surface area contributed by atoms with E-state index in [9.17, 15) is 4.79 Å². The topological polar surface area (TPSA) is 49.2 Å². The first kappa shape index (κ1) is 21.9. The Morgan fingerprint density at radius 2 is 1.74 bits per heavy atom. The Balaban J connectivity index is 1.22. The van der Waals surface area contributed by atoms with Gasteiger partial charge in [-0.25, -0.2) is 4.79 Å². The Kier molecular flexibility index (Phi) is 6.96. The van der Waals surface area contributed by atoms with Crippen LogP contribution in [0, 0.1) is 5.92 Å². The molecule has 4 heteroatoms. The van der Waals surface area contributed by atoms with Gasteiger partial charge in [0.1, 0.15) is 0 Å². The minimum atomic E-state index is -0.371. The van der Waals surface area contributed by atoms with E-state index in [0.717, 1.165) is 18.5 Å². The van der Waals surface area contributed by atoms with Gasteiger partial charge in [0.15, 0.2) is 5.58 Å². The first-order chi connectivity index (χ1) is 15.0. The van der Waals surface area contributed by atoms with Crippen LogP contribution in [-0.4, -0.2) is 29.5 Å². The molecule has 0 aliphatic heterocycles. The molecular formula is C27H36N2O2. The van der Waals surface area contributed by atoms with E-state index in [1.807, 2.05) is 12.1 Å². The van der Waals surface area contributed by atoms with E-state index in [1.54, 1.807) is 0 Å². The zero-order chi connectivity index (χ0) is 21.8. The van der Waals surface area contributed by atoms with Crippen LogP contribution in [0.4, 0.5) is 0 Å². The third kappa shape index (κ3) is 5.68. The number of aromatic amines is 1. The predicted molar refractivity (Wildman–Crippen MR) is 128 cm³/mol. The SMILES string of the molecule is CC(C)Cc1ccc(CCCN(C)C2CCC(c3ccc4[nH]c(=O)oc4c3)CC2)cc1. The van der Waals surface area contributed by atoms with Gasteiger partial charge in [0, 0.05) is 6.04 Å². The highest BCUT2D eigenvalue weighted by atomic mass is 16.4. The van der Waals surface area contributed by atoms with Gasteiger partial charge in [-0.2, -0.15) is 0 Å². The maximum absolute atomic E-state index is 11.4. The van der Waals surface area contributed by atoms with Crippen molar-refractivity contribution < 1.29 is 4.42 Å². The van der Waals surface area contributed by atoms with Gasteiger partial charge >= 0.3 is 5.76 Å². The average Bonchev–Trinajstić information content (AvgIpc) is 3.14. The summed E-state index contributed by atoms with van der Waals surface area (Å²) in [6, 6.07) is 16.1.